The Morgan fingerprint density at radius 1 is 1.00 bits per heavy atom. The summed E-state index contributed by atoms with van der Waals surface area (Å²) in [4.78, 5) is 10.2. The van der Waals surface area contributed by atoms with Crippen LogP contribution < -0.4 is 0 Å². The molecular weight excluding hydrogens is 280 g/mol. The molecule has 0 N–H and O–H groups in total. The minimum atomic E-state index is 0.243. The lowest BCUT2D eigenvalue weighted by Crippen LogP contribution is -2.10. The Balaban J connectivity index is 0.000000379. The molecule has 1 heteroatoms. The summed E-state index contributed by atoms with van der Waals surface area (Å²) in [7, 11) is 0. The number of hydrogen-bond acceptors (Lipinski definition) is 1. The summed E-state index contributed by atoms with van der Waals surface area (Å²) in [6.07, 6.45) is 4.81. The second-order valence-corrected chi connectivity index (χ2v) is 7.38. The van der Waals surface area contributed by atoms with Crippen molar-refractivity contribution in [3.63, 3.8) is 0 Å². The molecule has 23 heavy (non-hydrogen) atoms. The lowest BCUT2D eigenvalue weighted by molar-refractivity contribution is -0.118. The average Bonchev–Trinajstić information content (AvgIpc) is 2.86. The third-order valence-corrected chi connectivity index (χ3v) is 4.43. The maximum atomic E-state index is 10.2. The van der Waals surface area contributed by atoms with Crippen LogP contribution in [0.3, 0.4) is 0 Å². The number of rotatable bonds is 3. The van der Waals surface area contributed by atoms with E-state index in [0.717, 1.165) is 6.42 Å². The van der Waals surface area contributed by atoms with Gasteiger partial charge in [0, 0.05) is 12.8 Å². The molecule has 1 aromatic rings. The van der Waals surface area contributed by atoms with E-state index >= 15 is 0 Å². The fourth-order valence-electron chi connectivity index (χ4n) is 2.48. The zero-order valence-electron chi connectivity index (χ0n) is 15.9. The van der Waals surface area contributed by atoms with Crippen LogP contribution in [0.15, 0.2) is 41.5 Å². The van der Waals surface area contributed by atoms with Crippen molar-refractivity contribution in [3.05, 3.63) is 52.6 Å². The minimum absolute atomic E-state index is 0.243. The van der Waals surface area contributed by atoms with Crippen molar-refractivity contribution in [2.45, 2.75) is 73.1 Å². The van der Waals surface area contributed by atoms with Crippen LogP contribution >= 0.6 is 0 Å². The molecule has 0 spiro atoms. The number of hydrogen-bond donors (Lipinski definition) is 0. The molecule has 2 rings (SSSR count). The van der Waals surface area contributed by atoms with E-state index in [4.69, 9.17) is 0 Å². The van der Waals surface area contributed by atoms with Gasteiger partial charge in [-0.1, -0.05) is 76.1 Å². The summed E-state index contributed by atoms with van der Waals surface area (Å²) in [5.74, 6) is 0.343. The van der Waals surface area contributed by atoms with E-state index in [1.165, 1.54) is 27.8 Å². The molecule has 0 radical (unpaired) electrons. The van der Waals surface area contributed by atoms with Crippen molar-refractivity contribution in [1.29, 1.82) is 0 Å². The van der Waals surface area contributed by atoms with Gasteiger partial charge >= 0.3 is 0 Å². The van der Waals surface area contributed by atoms with Crippen molar-refractivity contribution >= 4 is 11.4 Å². The van der Waals surface area contributed by atoms with E-state index < -0.39 is 0 Å². The Kier molecular flexibility index (Phi) is 7.00. The van der Waals surface area contributed by atoms with Gasteiger partial charge in [0.2, 0.25) is 0 Å². The van der Waals surface area contributed by atoms with Crippen LogP contribution in [0.2, 0.25) is 0 Å². The second kappa shape index (κ2) is 8.29. The van der Waals surface area contributed by atoms with Crippen molar-refractivity contribution < 1.29 is 4.79 Å². The summed E-state index contributed by atoms with van der Waals surface area (Å²) in [6, 6.07) is 9.05. The molecular formula is C22H32O. The van der Waals surface area contributed by atoms with Gasteiger partial charge in [-0.2, -0.15) is 0 Å². The van der Waals surface area contributed by atoms with Crippen LogP contribution in [-0.2, 0) is 10.2 Å². The molecule has 126 valence electrons. The first-order valence-electron chi connectivity index (χ1n) is 8.68. The van der Waals surface area contributed by atoms with Crippen molar-refractivity contribution in [2.75, 3.05) is 0 Å². The maximum absolute atomic E-state index is 10.2. The van der Waals surface area contributed by atoms with Crippen molar-refractivity contribution in [2.24, 2.45) is 0 Å². The quantitative estimate of drug-likeness (QED) is 0.624. The molecule has 0 aliphatic heterocycles. The van der Waals surface area contributed by atoms with Gasteiger partial charge in [0.15, 0.2) is 0 Å². The smallest absolute Gasteiger partial charge is 0.132 e. The lowest BCUT2D eigenvalue weighted by atomic mass is 9.86. The van der Waals surface area contributed by atoms with Gasteiger partial charge in [-0.15, -0.1) is 0 Å². The molecule has 1 aromatic carbocycles. The first-order chi connectivity index (χ1) is 10.7. The van der Waals surface area contributed by atoms with Gasteiger partial charge in [0.25, 0.3) is 0 Å². The monoisotopic (exact) mass is 312 g/mol. The number of ketones is 1. The predicted octanol–water partition coefficient (Wildman–Crippen LogP) is 6.48. The molecule has 0 bridgehead atoms. The Morgan fingerprint density at radius 2 is 1.52 bits per heavy atom. The molecule has 0 saturated carbocycles. The van der Waals surface area contributed by atoms with E-state index in [1.807, 2.05) is 13.8 Å². The molecule has 0 unspecified atom stereocenters. The Bertz CT molecular complexity index is 586. The first kappa shape index (κ1) is 19.4. The topological polar surface area (TPSA) is 17.1 Å². The third-order valence-electron chi connectivity index (χ3n) is 4.43. The van der Waals surface area contributed by atoms with Crippen molar-refractivity contribution in [1.82, 2.24) is 0 Å². The summed E-state index contributed by atoms with van der Waals surface area (Å²) in [5.41, 5.74) is 7.41. The summed E-state index contributed by atoms with van der Waals surface area (Å²) in [5, 5.41) is 0. The van der Waals surface area contributed by atoms with Crippen molar-refractivity contribution in [3.8, 4) is 0 Å². The number of allylic oxidation sites excluding steroid dienone is 4. The molecule has 1 aliphatic carbocycles. The van der Waals surface area contributed by atoms with Gasteiger partial charge in [-0.25, -0.2) is 0 Å². The van der Waals surface area contributed by atoms with E-state index in [-0.39, 0.29) is 5.41 Å². The minimum Gasteiger partial charge on any atom is -0.300 e. The average molecular weight is 312 g/mol. The third kappa shape index (κ3) is 5.82. The van der Waals surface area contributed by atoms with Crippen LogP contribution in [-0.4, -0.2) is 5.78 Å². The summed E-state index contributed by atoms with van der Waals surface area (Å²) in [6.45, 7) is 15.0. The Morgan fingerprint density at radius 3 is 1.83 bits per heavy atom. The molecule has 1 nitrogen and oxygen atoms in total. The lowest BCUT2D eigenvalue weighted by Gasteiger charge is -2.19. The first-order valence-corrected chi connectivity index (χ1v) is 8.68. The van der Waals surface area contributed by atoms with Crippen LogP contribution in [0, 0.1) is 0 Å². The zero-order valence-corrected chi connectivity index (χ0v) is 15.9. The highest BCUT2D eigenvalue weighted by molar-refractivity contribution is 5.77. The van der Waals surface area contributed by atoms with E-state index in [2.05, 4.69) is 65.0 Å². The number of benzene rings is 1. The van der Waals surface area contributed by atoms with Gasteiger partial charge in [-0.3, -0.25) is 4.79 Å². The highest BCUT2D eigenvalue weighted by atomic mass is 16.1. The summed E-state index contributed by atoms with van der Waals surface area (Å²) >= 11 is 0. The molecule has 0 amide bonds. The van der Waals surface area contributed by atoms with Crippen LogP contribution in [0.25, 0.3) is 5.57 Å². The molecule has 0 saturated heterocycles. The summed E-state index contributed by atoms with van der Waals surface area (Å²) < 4.78 is 0. The normalized spacial score (nSPS) is 14.3. The van der Waals surface area contributed by atoms with Gasteiger partial charge in [0.1, 0.15) is 5.78 Å². The predicted molar refractivity (Wildman–Crippen MR) is 102 cm³/mol. The van der Waals surface area contributed by atoms with Gasteiger partial charge in [-0.05, 0) is 42.4 Å². The largest absolute Gasteiger partial charge is 0.300 e. The molecule has 0 fully saturated rings. The standard InChI is InChI=1S/C17H22.C5H10O/c1-12-10-15(11-13(12)2)14-6-8-16(9-7-14)17(3,4)5;1-3-5(6)4-2/h6-10H,11H2,1-5H3;3-4H2,1-2H3. The number of carbonyl (C=O) groups is 1. The van der Waals surface area contributed by atoms with E-state index in [1.54, 1.807) is 0 Å². The molecule has 0 aromatic heterocycles. The molecule has 0 atom stereocenters. The number of Topliss-reactive ketones (excluding diaryl/α,β-unsaturated/α-hetero) is 1. The second-order valence-electron chi connectivity index (χ2n) is 7.38. The van der Waals surface area contributed by atoms with Crippen LogP contribution in [0.1, 0.15) is 78.9 Å². The van der Waals surface area contributed by atoms with Gasteiger partial charge < -0.3 is 0 Å². The van der Waals surface area contributed by atoms with E-state index in [9.17, 15) is 4.79 Å². The Hall–Kier alpha value is -1.63. The molecule has 1 aliphatic rings. The fourth-order valence-corrected chi connectivity index (χ4v) is 2.48. The van der Waals surface area contributed by atoms with Gasteiger partial charge in [0.05, 0.1) is 0 Å². The fraction of sp³-hybridized carbons (Fsp3) is 0.500. The van der Waals surface area contributed by atoms with E-state index in [0.29, 0.717) is 18.6 Å². The Labute approximate surface area is 142 Å². The van der Waals surface area contributed by atoms with Crippen LogP contribution in [0.4, 0.5) is 0 Å². The maximum Gasteiger partial charge on any atom is 0.132 e. The highest BCUT2D eigenvalue weighted by Crippen LogP contribution is 2.33. The SMILES string of the molecule is CC1=C(C)CC(c2ccc(C(C)(C)C)cc2)=C1.CCC(=O)CC. The zero-order chi connectivity index (χ0) is 17.6. The number of carbonyl (C=O) groups excluding carboxylic acids is 1. The van der Waals surface area contributed by atoms with Crippen LogP contribution in [0.5, 0.6) is 0 Å². The highest BCUT2D eigenvalue weighted by Gasteiger charge is 2.15. The molecule has 0 heterocycles.